The third kappa shape index (κ3) is 10.6. The van der Waals surface area contributed by atoms with E-state index in [4.69, 9.17) is 4.74 Å². The fourth-order valence-electron chi connectivity index (χ4n) is 4.74. The predicted octanol–water partition coefficient (Wildman–Crippen LogP) is 2.71. The topological polar surface area (TPSA) is 137 Å². The number of rotatable bonds is 16. The molecule has 2 aromatic carbocycles. The zero-order chi connectivity index (χ0) is 31.8. The molecule has 0 spiro atoms. The number of aliphatic hydroxyl groups excluding tert-OH is 1. The molecule has 0 aliphatic heterocycles. The fourth-order valence-corrected chi connectivity index (χ4v) is 6.36. The number of nitrogens with one attached hydrogen (secondary N) is 3. The van der Waals surface area contributed by atoms with Crippen LogP contribution in [-0.4, -0.2) is 80.6 Å². The Hall–Kier alpha value is -2.99. The zero-order valence-corrected chi connectivity index (χ0v) is 27.0. The highest BCUT2D eigenvalue weighted by molar-refractivity contribution is 7.89. The predicted molar refractivity (Wildman–Crippen MR) is 167 cm³/mol. The van der Waals surface area contributed by atoms with Crippen LogP contribution in [0, 0.1) is 11.3 Å². The van der Waals surface area contributed by atoms with Gasteiger partial charge in [-0.1, -0.05) is 65.0 Å². The number of hydrogen-bond donors (Lipinski definition) is 4. The largest absolute Gasteiger partial charge is 0.497 e. The first-order chi connectivity index (χ1) is 20.2. The van der Waals surface area contributed by atoms with Crippen LogP contribution in [0.1, 0.15) is 53.0 Å². The second kappa shape index (κ2) is 15.1. The smallest absolute Gasteiger partial charge is 0.243 e. The monoisotopic (exact) mass is 616 g/mol. The van der Waals surface area contributed by atoms with Crippen LogP contribution >= 0.6 is 0 Å². The lowest BCUT2D eigenvalue weighted by molar-refractivity contribution is -0.132. The molecule has 4 N–H and O–H groups in total. The van der Waals surface area contributed by atoms with Crippen molar-refractivity contribution in [2.45, 2.75) is 83.0 Å². The summed E-state index contributed by atoms with van der Waals surface area (Å²) in [5.41, 5.74) is 0.244. The van der Waals surface area contributed by atoms with Crippen LogP contribution in [0.4, 0.5) is 0 Å². The molecule has 1 aliphatic carbocycles. The van der Waals surface area contributed by atoms with E-state index < -0.39 is 39.5 Å². The van der Waals surface area contributed by atoms with Gasteiger partial charge in [-0.2, -0.15) is 4.31 Å². The SMILES string of the molecule is COc1ccc(S(=O)(=O)N(CC(C)C)C[C@@H](O)[C@H](Cc2ccccc2)NC(=O)[C@@H](NC(=O)CNC2CC2)C(C)(C)C)cc1. The minimum absolute atomic E-state index is 0.0212. The lowest BCUT2D eigenvalue weighted by atomic mass is 9.85. The van der Waals surface area contributed by atoms with Gasteiger partial charge in [-0.25, -0.2) is 8.42 Å². The van der Waals surface area contributed by atoms with E-state index in [0.29, 0.717) is 11.8 Å². The summed E-state index contributed by atoms with van der Waals surface area (Å²) in [6.07, 6.45) is 1.10. The summed E-state index contributed by atoms with van der Waals surface area (Å²) in [6, 6.07) is 14.1. The number of aliphatic hydroxyl groups is 1. The second-order valence-corrected chi connectivity index (χ2v) is 14.7. The van der Waals surface area contributed by atoms with Crippen LogP contribution in [0.15, 0.2) is 59.5 Å². The highest BCUT2D eigenvalue weighted by atomic mass is 32.2. The van der Waals surface area contributed by atoms with Crippen molar-refractivity contribution in [3.05, 3.63) is 60.2 Å². The molecule has 2 amide bonds. The number of methoxy groups -OCH3 is 1. The van der Waals surface area contributed by atoms with Gasteiger partial charge in [0.1, 0.15) is 11.8 Å². The molecular formula is C32H48N4O6S. The minimum atomic E-state index is -3.97. The molecule has 238 valence electrons. The highest BCUT2D eigenvalue weighted by Crippen LogP contribution is 2.23. The summed E-state index contributed by atoms with van der Waals surface area (Å²) in [5, 5.41) is 20.6. The minimum Gasteiger partial charge on any atom is -0.497 e. The standard InChI is InChI=1S/C32H48N4O6S/c1-22(2)20-36(43(40,41)26-16-14-25(42-6)15-17-26)21-28(37)27(18-23-10-8-7-9-11-23)34-31(39)30(32(3,4)5)35-29(38)19-33-24-12-13-24/h7-11,14-17,22,24,27-28,30,33,37H,12-13,18-21H2,1-6H3,(H,34,39)(H,35,38)/t27-,28+,30+/m0/s1. The maximum atomic E-state index is 13.7. The molecule has 2 aromatic rings. The lowest BCUT2D eigenvalue weighted by Crippen LogP contribution is -2.59. The van der Waals surface area contributed by atoms with Gasteiger partial charge in [0.25, 0.3) is 0 Å². The van der Waals surface area contributed by atoms with Gasteiger partial charge in [-0.15, -0.1) is 0 Å². The third-order valence-corrected chi connectivity index (χ3v) is 9.16. The average molecular weight is 617 g/mol. The number of amides is 2. The Balaban J connectivity index is 1.85. The first-order valence-electron chi connectivity index (χ1n) is 14.9. The molecule has 1 fully saturated rings. The normalized spacial score (nSPS) is 16.0. The number of hydrogen-bond acceptors (Lipinski definition) is 7. The van der Waals surface area contributed by atoms with E-state index in [1.807, 2.05) is 65.0 Å². The van der Waals surface area contributed by atoms with E-state index in [0.717, 1.165) is 18.4 Å². The zero-order valence-electron chi connectivity index (χ0n) is 26.2. The maximum Gasteiger partial charge on any atom is 0.243 e. The Morgan fingerprint density at radius 3 is 2.16 bits per heavy atom. The molecule has 0 radical (unpaired) electrons. The fraction of sp³-hybridized carbons (Fsp3) is 0.562. The van der Waals surface area contributed by atoms with Crippen molar-refractivity contribution in [2.75, 3.05) is 26.7 Å². The third-order valence-electron chi connectivity index (χ3n) is 7.31. The van der Waals surface area contributed by atoms with Crippen molar-refractivity contribution in [1.82, 2.24) is 20.3 Å². The van der Waals surface area contributed by atoms with E-state index >= 15 is 0 Å². The van der Waals surface area contributed by atoms with Crippen molar-refractivity contribution in [1.29, 1.82) is 0 Å². The van der Waals surface area contributed by atoms with Gasteiger partial charge in [0.15, 0.2) is 0 Å². The number of carbonyl (C=O) groups is 2. The molecule has 3 rings (SSSR count). The van der Waals surface area contributed by atoms with E-state index in [9.17, 15) is 23.1 Å². The molecule has 1 saturated carbocycles. The molecule has 11 heteroatoms. The number of nitrogens with zero attached hydrogens (tertiary/aromatic N) is 1. The number of benzene rings is 2. The average Bonchev–Trinajstić information content (AvgIpc) is 3.78. The van der Waals surface area contributed by atoms with Gasteiger partial charge in [-0.05, 0) is 60.4 Å². The summed E-state index contributed by atoms with van der Waals surface area (Å²) < 4.78 is 33.9. The molecule has 0 heterocycles. The molecule has 10 nitrogen and oxygen atoms in total. The van der Waals surface area contributed by atoms with Crippen molar-refractivity contribution in [3.8, 4) is 5.75 Å². The van der Waals surface area contributed by atoms with E-state index in [-0.39, 0.29) is 42.8 Å². The molecule has 3 atom stereocenters. The molecule has 0 saturated heterocycles. The summed E-state index contributed by atoms with van der Waals surface area (Å²) >= 11 is 0. The molecule has 0 aromatic heterocycles. The number of ether oxygens (including phenoxy) is 1. The quantitative estimate of drug-likeness (QED) is 0.228. The van der Waals surface area contributed by atoms with Crippen molar-refractivity contribution in [2.24, 2.45) is 11.3 Å². The Bertz CT molecular complexity index is 1290. The molecule has 0 bridgehead atoms. The van der Waals surface area contributed by atoms with Crippen LogP contribution in [0.2, 0.25) is 0 Å². The summed E-state index contributed by atoms with van der Waals surface area (Å²) in [4.78, 5) is 26.5. The molecule has 43 heavy (non-hydrogen) atoms. The number of carbonyl (C=O) groups excluding carboxylic acids is 2. The summed E-state index contributed by atoms with van der Waals surface area (Å²) in [5.74, 6) is -0.215. The van der Waals surface area contributed by atoms with Gasteiger partial charge in [0.2, 0.25) is 21.8 Å². The van der Waals surface area contributed by atoms with Crippen molar-refractivity contribution in [3.63, 3.8) is 0 Å². The van der Waals surface area contributed by atoms with E-state index in [1.165, 1.54) is 23.5 Å². The first-order valence-corrected chi connectivity index (χ1v) is 16.3. The van der Waals surface area contributed by atoms with Gasteiger partial charge >= 0.3 is 0 Å². The summed E-state index contributed by atoms with van der Waals surface area (Å²) in [7, 11) is -2.47. The Morgan fingerprint density at radius 2 is 1.63 bits per heavy atom. The van der Waals surface area contributed by atoms with Crippen LogP contribution in [0.5, 0.6) is 5.75 Å². The summed E-state index contributed by atoms with van der Waals surface area (Å²) in [6.45, 7) is 9.45. The maximum absolute atomic E-state index is 13.7. The van der Waals surface area contributed by atoms with Crippen LogP contribution in [0.25, 0.3) is 0 Å². The van der Waals surface area contributed by atoms with Crippen LogP contribution in [0.3, 0.4) is 0 Å². The molecular weight excluding hydrogens is 568 g/mol. The van der Waals surface area contributed by atoms with Gasteiger partial charge in [0, 0.05) is 19.1 Å². The second-order valence-electron chi connectivity index (χ2n) is 12.8. The van der Waals surface area contributed by atoms with Crippen LogP contribution in [-0.2, 0) is 26.0 Å². The molecule has 0 unspecified atom stereocenters. The number of sulfonamides is 1. The van der Waals surface area contributed by atoms with E-state index in [2.05, 4.69) is 16.0 Å². The Labute approximate surface area is 256 Å². The van der Waals surface area contributed by atoms with Gasteiger partial charge in [-0.3, -0.25) is 9.59 Å². The Kier molecular flexibility index (Phi) is 12.1. The van der Waals surface area contributed by atoms with Crippen molar-refractivity contribution >= 4 is 21.8 Å². The van der Waals surface area contributed by atoms with Gasteiger partial charge in [0.05, 0.1) is 30.7 Å². The Morgan fingerprint density at radius 1 is 1.00 bits per heavy atom. The van der Waals surface area contributed by atoms with Crippen LogP contribution < -0.4 is 20.7 Å². The van der Waals surface area contributed by atoms with E-state index in [1.54, 1.807) is 12.1 Å². The highest BCUT2D eigenvalue weighted by Gasteiger charge is 2.37. The molecule has 1 aliphatic rings. The van der Waals surface area contributed by atoms with Crippen molar-refractivity contribution < 1.29 is 27.9 Å². The lowest BCUT2D eigenvalue weighted by Gasteiger charge is -2.34. The first kappa shape index (κ1) is 34.5. The van der Waals surface area contributed by atoms with Gasteiger partial charge < -0.3 is 25.8 Å².